The van der Waals surface area contributed by atoms with E-state index in [0.717, 1.165) is 23.8 Å². The van der Waals surface area contributed by atoms with Crippen molar-refractivity contribution >= 4 is 8.32 Å². The van der Waals surface area contributed by atoms with Crippen molar-refractivity contribution in [2.45, 2.75) is 118 Å². The first kappa shape index (κ1) is 25.3. The highest BCUT2D eigenvalue weighted by Crippen LogP contribution is 2.44. The summed E-state index contributed by atoms with van der Waals surface area (Å²) in [6, 6.07) is 4.49. The van der Waals surface area contributed by atoms with E-state index in [4.69, 9.17) is 9.16 Å². The maximum atomic E-state index is 6.86. The van der Waals surface area contributed by atoms with Crippen molar-refractivity contribution in [3.05, 3.63) is 23.3 Å². The number of rotatable bonds is 5. The first-order valence-electron chi connectivity index (χ1n) is 12.0. The summed E-state index contributed by atoms with van der Waals surface area (Å²) in [7, 11) is -1.92. The first-order valence-corrected chi connectivity index (χ1v) is 14.9. The summed E-state index contributed by atoms with van der Waals surface area (Å²) in [4.78, 5) is 0. The molecule has 0 radical (unpaired) electrons. The molecule has 1 fully saturated rings. The Kier molecular flexibility index (Phi) is 7.49. The van der Waals surface area contributed by atoms with Crippen LogP contribution < -0.4 is 9.16 Å². The third-order valence-electron chi connectivity index (χ3n) is 7.47. The van der Waals surface area contributed by atoms with Gasteiger partial charge in [-0.05, 0) is 78.8 Å². The van der Waals surface area contributed by atoms with Gasteiger partial charge in [-0.1, -0.05) is 68.7 Å². The summed E-state index contributed by atoms with van der Waals surface area (Å²) in [5.41, 5.74) is 2.47. The van der Waals surface area contributed by atoms with E-state index in [2.05, 4.69) is 94.5 Å². The molecular formula is C27H48O2Si. The Morgan fingerprint density at radius 1 is 1.00 bits per heavy atom. The first-order chi connectivity index (χ1) is 13.5. The third-order valence-corrected chi connectivity index (χ3v) is 11.8. The SMILES string of the molecule is Cc1cc(O[C@H]2C[C@@H](C)CC[C@@H]2C(C)C)cc(C(C)(C)C)c1O[Si](C)(C)C(C)(C)C. The molecule has 3 atom stereocenters. The highest BCUT2D eigenvalue weighted by atomic mass is 28.4. The average molecular weight is 433 g/mol. The predicted octanol–water partition coefficient (Wildman–Crippen LogP) is 8.52. The predicted molar refractivity (Wildman–Crippen MR) is 133 cm³/mol. The monoisotopic (exact) mass is 432 g/mol. The van der Waals surface area contributed by atoms with Crippen molar-refractivity contribution in [1.82, 2.24) is 0 Å². The van der Waals surface area contributed by atoms with Crippen LogP contribution in [0.4, 0.5) is 0 Å². The van der Waals surface area contributed by atoms with Gasteiger partial charge in [-0.25, -0.2) is 0 Å². The minimum Gasteiger partial charge on any atom is -0.543 e. The molecule has 172 valence electrons. The van der Waals surface area contributed by atoms with E-state index in [0.29, 0.717) is 17.9 Å². The number of hydrogen-bond acceptors (Lipinski definition) is 2. The highest BCUT2D eigenvalue weighted by molar-refractivity contribution is 6.74. The second kappa shape index (κ2) is 8.88. The van der Waals surface area contributed by atoms with Crippen LogP contribution in [0.1, 0.15) is 92.7 Å². The Bertz CT molecular complexity index is 722. The zero-order chi connectivity index (χ0) is 23.1. The molecule has 1 aromatic rings. The van der Waals surface area contributed by atoms with Gasteiger partial charge in [0.05, 0.1) is 0 Å². The molecule has 0 unspecified atom stereocenters. The molecule has 1 aliphatic carbocycles. The molecule has 0 saturated heterocycles. The van der Waals surface area contributed by atoms with E-state index < -0.39 is 8.32 Å². The Labute approximate surface area is 188 Å². The Balaban J connectivity index is 2.43. The van der Waals surface area contributed by atoms with Crippen molar-refractivity contribution in [2.24, 2.45) is 17.8 Å². The smallest absolute Gasteiger partial charge is 0.250 e. The molecule has 1 saturated carbocycles. The summed E-state index contributed by atoms with van der Waals surface area (Å²) in [6.07, 6.45) is 4.08. The minimum absolute atomic E-state index is 0.000860. The van der Waals surface area contributed by atoms with Crippen molar-refractivity contribution in [1.29, 1.82) is 0 Å². The molecule has 0 N–H and O–H groups in total. The number of benzene rings is 1. The second-order valence-electron chi connectivity index (χ2n) is 12.7. The second-order valence-corrected chi connectivity index (χ2v) is 17.4. The average Bonchev–Trinajstić information content (AvgIpc) is 2.54. The van der Waals surface area contributed by atoms with E-state index >= 15 is 0 Å². The van der Waals surface area contributed by atoms with Gasteiger partial charge < -0.3 is 9.16 Å². The maximum Gasteiger partial charge on any atom is 0.250 e. The molecule has 0 aliphatic heterocycles. The molecule has 2 rings (SSSR count). The number of hydrogen-bond donors (Lipinski definition) is 0. The number of ether oxygens (including phenoxy) is 1. The van der Waals surface area contributed by atoms with E-state index in [-0.39, 0.29) is 10.5 Å². The summed E-state index contributed by atoms with van der Waals surface area (Å²) in [5.74, 6) is 4.15. The third kappa shape index (κ3) is 5.84. The largest absolute Gasteiger partial charge is 0.543 e. The van der Waals surface area contributed by atoms with Gasteiger partial charge in [0, 0.05) is 5.56 Å². The highest BCUT2D eigenvalue weighted by Gasteiger charge is 2.40. The van der Waals surface area contributed by atoms with Gasteiger partial charge in [0.1, 0.15) is 17.6 Å². The van der Waals surface area contributed by atoms with E-state index in [1.165, 1.54) is 24.0 Å². The van der Waals surface area contributed by atoms with Crippen molar-refractivity contribution in [3.63, 3.8) is 0 Å². The molecule has 3 heteroatoms. The summed E-state index contributed by atoms with van der Waals surface area (Å²) in [6.45, 7) is 27.7. The van der Waals surface area contributed by atoms with E-state index in [1.807, 2.05) is 0 Å². The van der Waals surface area contributed by atoms with Crippen LogP contribution in [0.25, 0.3) is 0 Å². The van der Waals surface area contributed by atoms with Crippen LogP contribution in [0.3, 0.4) is 0 Å². The lowest BCUT2D eigenvalue weighted by atomic mass is 9.75. The summed E-state index contributed by atoms with van der Waals surface area (Å²) < 4.78 is 13.6. The Hall–Kier alpha value is -0.963. The van der Waals surface area contributed by atoms with Gasteiger partial charge in [-0.3, -0.25) is 0 Å². The topological polar surface area (TPSA) is 18.5 Å². The Morgan fingerprint density at radius 2 is 1.60 bits per heavy atom. The van der Waals surface area contributed by atoms with Gasteiger partial charge >= 0.3 is 0 Å². The molecule has 1 aromatic carbocycles. The fourth-order valence-electron chi connectivity index (χ4n) is 4.33. The van der Waals surface area contributed by atoms with Crippen molar-refractivity contribution < 1.29 is 9.16 Å². The van der Waals surface area contributed by atoms with Gasteiger partial charge in [0.25, 0.3) is 8.32 Å². The number of aryl methyl sites for hydroxylation is 1. The van der Waals surface area contributed by atoms with Gasteiger partial charge in [-0.2, -0.15) is 0 Å². The van der Waals surface area contributed by atoms with E-state index in [9.17, 15) is 0 Å². The molecule has 1 aliphatic rings. The fourth-order valence-corrected chi connectivity index (χ4v) is 5.42. The van der Waals surface area contributed by atoms with Crippen LogP contribution in [0.15, 0.2) is 12.1 Å². The van der Waals surface area contributed by atoms with Gasteiger partial charge in [0.2, 0.25) is 0 Å². The molecule has 0 bridgehead atoms. The lowest BCUT2D eigenvalue weighted by Gasteiger charge is -2.40. The van der Waals surface area contributed by atoms with Crippen LogP contribution in [0.5, 0.6) is 11.5 Å². The summed E-state index contributed by atoms with van der Waals surface area (Å²) >= 11 is 0. The molecule has 0 heterocycles. The zero-order valence-electron chi connectivity index (χ0n) is 21.9. The standard InChI is InChI=1S/C27H48O2Si/c1-18(2)22-14-13-19(3)15-24(22)28-21-16-20(4)25(23(17-21)26(5,6)7)29-30(11,12)27(8,9)10/h16-19,22,24H,13-15H2,1-12H3/t19-,22+,24-/m0/s1. The quantitative estimate of drug-likeness (QED) is 0.434. The molecule has 0 aromatic heterocycles. The lowest BCUT2D eigenvalue weighted by molar-refractivity contribution is 0.0458. The molecule has 0 amide bonds. The summed E-state index contributed by atoms with van der Waals surface area (Å²) in [5, 5.41) is 0.173. The lowest BCUT2D eigenvalue weighted by Crippen LogP contribution is -2.44. The van der Waals surface area contributed by atoms with Crippen LogP contribution in [0, 0.1) is 24.7 Å². The minimum atomic E-state index is -1.92. The van der Waals surface area contributed by atoms with Crippen molar-refractivity contribution in [2.75, 3.05) is 0 Å². The van der Waals surface area contributed by atoms with Crippen LogP contribution in [-0.4, -0.2) is 14.4 Å². The fraction of sp³-hybridized carbons (Fsp3) is 0.778. The van der Waals surface area contributed by atoms with Crippen LogP contribution >= 0.6 is 0 Å². The van der Waals surface area contributed by atoms with Crippen LogP contribution in [-0.2, 0) is 5.41 Å². The van der Waals surface area contributed by atoms with E-state index in [1.54, 1.807) is 0 Å². The maximum absolute atomic E-state index is 6.86. The molecule has 2 nitrogen and oxygen atoms in total. The van der Waals surface area contributed by atoms with Gasteiger partial charge in [0.15, 0.2) is 0 Å². The molecular weight excluding hydrogens is 384 g/mol. The molecule has 30 heavy (non-hydrogen) atoms. The van der Waals surface area contributed by atoms with Crippen molar-refractivity contribution in [3.8, 4) is 11.5 Å². The van der Waals surface area contributed by atoms with Crippen LogP contribution in [0.2, 0.25) is 18.1 Å². The zero-order valence-corrected chi connectivity index (χ0v) is 22.9. The molecule has 0 spiro atoms. The normalized spacial score (nSPS) is 23.6. The Morgan fingerprint density at radius 3 is 2.10 bits per heavy atom. The van der Waals surface area contributed by atoms with Gasteiger partial charge in [-0.15, -0.1) is 0 Å².